The Labute approximate surface area is 112 Å². The second-order valence-electron chi connectivity index (χ2n) is 4.87. The molecule has 0 saturated carbocycles. The van der Waals surface area contributed by atoms with Crippen LogP contribution in [-0.2, 0) is 11.2 Å². The quantitative estimate of drug-likeness (QED) is 0.906. The molecule has 1 aliphatic rings. The van der Waals surface area contributed by atoms with Gasteiger partial charge in [0.05, 0.1) is 6.42 Å². The molecule has 0 aromatic carbocycles. The Bertz CT molecular complexity index is 466. The number of hydrogen-bond donors (Lipinski definition) is 1. The molecule has 0 spiro atoms. The standard InChI is InChI=1S/C14H19NO4/c1-2-11-6-7-12(19-11)14(18)15-8-4-3-5-10(15)9-13(16)17/h6-7,10H,2-5,8-9H2,1H3,(H,16,17). The van der Waals surface area contributed by atoms with Gasteiger partial charge in [0.25, 0.3) is 5.91 Å². The number of aliphatic carboxylic acids is 1. The molecule has 1 saturated heterocycles. The van der Waals surface area contributed by atoms with Crippen LogP contribution in [0.25, 0.3) is 0 Å². The van der Waals surface area contributed by atoms with E-state index in [1.165, 1.54) is 0 Å². The fourth-order valence-corrected chi connectivity index (χ4v) is 2.51. The van der Waals surface area contributed by atoms with Gasteiger partial charge in [0.2, 0.25) is 0 Å². The minimum atomic E-state index is -0.863. The third kappa shape index (κ3) is 3.16. The number of rotatable bonds is 4. The smallest absolute Gasteiger partial charge is 0.305 e. The van der Waals surface area contributed by atoms with Crippen molar-refractivity contribution in [2.45, 2.75) is 45.1 Å². The summed E-state index contributed by atoms with van der Waals surface area (Å²) in [6.45, 7) is 2.57. The Morgan fingerprint density at radius 3 is 2.84 bits per heavy atom. The highest BCUT2D eigenvalue weighted by molar-refractivity contribution is 5.92. The van der Waals surface area contributed by atoms with E-state index in [4.69, 9.17) is 9.52 Å². The van der Waals surface area contributed by atoms with Gasteiger partial charge in [-0.1, -0.05) is 6.92 Å². The second kappa shape index (κ2) is 5.91. The average Bonchev–Trinajstić information content (AvgIpc) is 2.86. The van der Waals surface area contributed by atoms with Crippen molar-refractivity contribution in [2.24, 2.45) is 0 Å². The van der Waals surface area contributed by atoms with Crippen LogP contribution in [0.5, 0.6) is 0 Å². The zero-order valence-electron chi connectivity index (χ0n) is 11.1. The Hall–Kier alpha value is -1.78. The maximum atomic E-state index is 12.4. The van der Waals surface area contributed by atoms with Crippen molar-refractivity contribution in [3.05, 3.63) is 23.7 Å². The zero-order chi connectivity index (χ0) is 13.8. The van der Waals surface area contributed by atoms with Gasteiger partial charge in [0, 0.05) is 19.0 Å². The second-order valence-corrected chi connectivity index (χ2v) is 4.87. The number of carboxylic acid groups (broad SMARTS) is 1. The van der Waals surface area contributed by atoms with Gasteiger partial charge in [-0.2, -0.15) is 0 Å². The maximum Gasteiger partial charge on any atom is 0.305 e. The summed E-state index contributed by atoms with van der Waals surface area (Å²) < 4.78 is 5.46. The molecule has 1 N–H and O–H groups in total. The lowest BCUT2D eigenvalue weighted by molar-refractivity contribution is -0.138. The van der Waals surface area contributed by atoms with Crippen LogP contribution in [-0.4, -0.2) is 34.5 Å². The van der Waals surface area contributed by atoms with E-state index < -0.39 is 5.97 Å². The lowest BCUT2D eigenvalue weighted by Crippen LogP contribution is -2.44. The summed E-state index contributed by atoms with van der Waals surface area (Å²) in [7, 11) is 0. The molecule has 0 aliphatic carbocycles. The summed E-state index contributed by atoms with van der Waals surface area (Å²) in [6, 6.07) is 3.26. The molecule has 0 bridgehead atoms. The third-order valence-corrected chi connectivity index (χ3v) is 3.52. The number of nitrogens with zero attached hydrogens (tertiary/aromatic N) is 1. The fraction of sp³-hybridized carbons (Fsp3) is 0.571. The normalized spacial score (nSPS) is 19.4. The van der Waals surface area contributed by atoms with Crippen molar-refractivity contribution in [3.63, 3.8) is 0 Å². The van der Waals surface area contributed by atoms with E-state index in [9.17, 15) is 9.59 Å². The molecule has 2 heterocycles. The van der Waals surface area contributed by atoms with Gasteiger partial charge in [0.1, 0.15) is 5.76 Å². The molecule has 104 valence electrons. The Balaban J connectivity index is 2.12. The summed E-state index contributed by atoms with van der Waals surface area (Å²) in [4.78, 5) is 24.9. The number of carboxylic acids is 1. The minimum Gasteiger partial charge on any atom is -0.481 e. The molecule has 1 amide bonds. The van der Waals surface area contributed by atoms with Gasteiger partial charge in [-0.3, -0.25) is 9.59 Å². The van der Waals surface area contributed by atoms with Crippen LogP contribution >= 0.6 is 0 Å². The average molecular weight is 265 g/mol. The highest BCUT2D eigenvalue weighted by Crippen LogP contribution is 2.23. The zero-order valence-corrected chi connectivity index (χ0v) is 11.1. The number of carbonyl (C=O) groups excluding carboxylic acids is 1. The van der Waals surface area contributed by atoms with E-state index in [0.29, 0.717) is 12.3 Å². The molecule has 0 radical (unpaired) electrons. The van der Waals surface area contributed by atoms with Crippen molar-refractivity contribution in [3.8, 4) is 0 Å². The van der Waals surface area contributed by atoms with E-state index in [1.807, 2.05) is 6.92 Å². The lowest BCUT2D eigenvalue weighted by atomic mass is 9.99. The third-order valence-electron chi connectivity index (χ3n) is 3.52. The number of aryl methyl sites for hydroxylation is 1. The first-order valence-electron chi connectivity index (χ1n) is 6.73. The molecular weight excluding hydrogens is 246 g/mol. The molecule has 1 unspecified atom stereocenters. The summed E-state index contributed by atoms with van der Waals surface area (Å²) in [5.41, 5.74) is 0. The van der Waals surface area contributed by atoms with Crippen LogP contribution < -0.4 is 0 Å². The molecule has 1 atom stereocenters. The first-order valence-corrected chi connectivity index (χ1v) is 6.73. The van der Waals surface area contributed by atoms with Crippen LogP contribution in [0.3, 0.4) is 0 Å². The van der Waals surface area contributed by atoms with Gasteiger partial charge in [-0.25, -0.2) is 0 Å². The highest BCUT2D eigenvalue weighted by atomic mass is 16.4. The monoisotopic (exact) mass is 265 g/mol. The lowest BCUT2D eigenvalue weighted by Gasteiger charge is -2.34. The van der Waals surface area contributed by atoms with Gasteiger partial charge in [-0.15, -0.1) is 0 Å². The highest BCUT2D eigenvalue weighted by Gasteiger charge is 2.30. The Morgan fingerprint density at radius 2 is 2.21 bits per heavy atom. The van der Waals surface area contributed by atoms with Crippen LogP contribution in [0.4, 0.5) is 0 Å². The van der Waals surface area contributed by atoms with E-state index in [1.54, 1.807) is 17.0 Å². The number of likely N-dealkylation sites (tertiary alicyclic amines) is 1. The van der Waals surface area contributed by atoms with Crippen LogP contribution in [0.15, 0.2) is 16.5 Å². The summed E-state index contributed by atoms with van der Waals surface area (Å²) in [6.07, 6.45) is 3.39. The van der Waals surface area contributed by atoms with E-state index in [-0.39, 0.29) is 18.4 Å². The molecule has 5 nitrogen and oxygen atoms in total. The number of carbonyl (C=O) groups is 2. The summed E-state index contributed by atoms with van der Waals surface area (Å²) in [5.74, 6) is 0.0355. The first-order chi connectivity index (χ1) is 9.11. The van der Waals surface area contributed by atoms with Crippen molar-refractivity contribution in [2.75, 3.05) is 6.54 Å². The molecule has 1 aromatic rings. The van der Waals surface area contributed by atoms with Gasteiger partial charge < -0.3 is 14.4 Å². The van der Waals surface area contributed by atoms with Crippen molar-refractivity contribution < 1.29 is 19.1 Å². The molecule has 19 heavy (non-hydrogen) atoms. The van der Waals surface area contributed by atoms with Crippen LogP contribution in [0.2, 0.25) is 0 Å². The predicted molar refractivity (Wildman–Crippen MR) is 69.0 cm³/mol. The SMILES string of the molecule is CCc1ccc(C(=O)N2CCCCC2CC(=O)O)o1. The van der Waals surface area contributed by atoms with Gasteiger partial charge >= 0.3 is 5.97 Å². The van der Waals surface area contributed by atoms with E-state index in [0.717, 1.165) is 31.4 Å². The number of amides is 1. The molecule has 1 aliphatic heterocycles. The Kier molecular flexibility index (Phi) is 4.24. The number of piperidine rings is 1. The number of furan rings is 1. The topological polar surface area (TPSA) is 70.8 Å². The Morgan fingerprint density at radius 1 is 1.42 bits per heavy atom. The molecular formula is C14H19NO4. The fourth-order valence-electron chi connectivity index (χ4n) is 2.51. The predicted octanol–water partition coefficient (Wildman–Crippen LogP) is 2.31. The maximum absolute atomic E-state index is 12.4. The molecule has 1 fully saturated rings. The van der Waals surface area contributed by atoms with Crippen LogP contribution in [0, 0.1) is 0 Å². The van der Waals surface area contributed by atoms with Gasteiger partial charge in [-0.05, 0) is 31.4 Å². The van der Waals surface area contributed by atoms with E-state index >= 15 is 0 Å². The van der Waals surface area contributed by atoms with Crippen molar-refractivity contribution in [1.29, 1.82) is 0 Å². The van der Waals surface area contributed by atoms with Gasteiger partial charge in [0.15, 0.2) is 5.76 Å². The van der Waals surface area contributed by atoms with Crippen molar-refractivity contribution >= 4 is 11.9 Å². The minimum absolute atomic E-state index is 0.00703. The largest absolute Gasteiger partial charge is 0.481 e. The van der Waals surface area contributed by atoms with E-state index in [2.05, 4.69) is 0 Å². The van der Waals surface area contributed by atoms with Crippen LogP contribution in [0.1, 0.15) is 48.9 Å². The first kappa shape index (κ1) is 13.6. The molecule has 5 heteroatoms. The summed E-state index contributed by atoms with van der Waals surface area (Å²) in [5, 5.41) is 8.92. The van der Waals surface area contributed by atoms with Crippen molar-refractivity contribution in [1.82, 2.24) is 4.90 Å². The summed E-state index contributed by atoms with van der Waals surface area (Å²) >= 11 is 0. The molecule has 1 aromatic heterocycles. The number of hydrogen-bond acceptors (Lipinski definition) is 3. The molecule has 2 rings (SSSR count).